The van der Waals surface area contributed by atoms with Crippen LogP contribution >= 0.6 is 11.6 Å². The fourth-order valence-electron chi connectivity index (χ4n) is 4.66. The zero-order valence-corrected chi connectivity index (χ0v) is 16.3. The summed E-state index contributed by atoms with van der Waals surface area (Å²) in [7, 11) is 0. The SMILES string of the molecule is CCOC(=O)C1=C(C)[C@H]2OC(=O)[C@@]1(C)[C@H]1C(=O)N(c3ccccc3Cl)C(=O)[C@@H]21. The van der Waals surface area contributed by atoms with Crippen LogP contribution in [0.3, 0.4) is 0 Å². The molecule has 2 amide bonds. The zero-order valence-electron chi connectivity index (χ0n) is 15.5. The van der Waals surface area contributed by atoms with Gasteiger partial charge < -0.3 is 9.47 Å². The number of para-hydroxylation sites is 1. The molecule has 0 radical (unpaired) electrons. The number of ether oxygens (including phenoxy) is 2. The molecule has 2 saturated heterocycles. The lowest BCUT2D eigenvalue weighted by Crippen LogP contribution is -2.60. The number of fused-ring (bicyclic) bond motifs is 1. The second-order valence-electron chi connectivity index (χ2n) is 7.27. The number of halogens is 1. The minimum atomic E-state index is -1.60. The maximum absolute atomic E-state index is 13.3. The van der Waals surface area contributed by atoms with Gasteiger partial charge in [-0.1, -0.05) is 23.7 Å². The minimum Gasteiger partial charge on any atom is -0.463 e. The molecule has 0 N–H and O–H groups in total. The first-order chi connectivity index (χ1) is 13.2. The molecule has 0 spiro atoms. The highest BCUT2D eigenvalue weighted by atomic mass is 35.5. The second-order valence-corrected chi connectivity index (χ2v) is 7.68. The van der Waals surface area contributed by atoms with Crippen LogP contribution in [0.15, 0.2) is 35.4 Å². The monoisotopic (exact) mass is 403 g/mol. The Bertz CT molecular complexity index is 969. The summed E-state index contributed by atoms with van der Waals surface area (Å²) in [5.41, 5.74) is -0.791. The van der Waals surface area contributed by atoms with E-state index in [2.05, 4.69) is 0 Å². The first-order valence-electron chi connectivity index (χ1n) is 8.96. The van der Waals surface area contributed by atoms with Gasteiger partial charge in [-0.05, 0) is 38.5 Å². The van der Waals surface area contributed by atoms with Crippen molar-refractivity contribution < 1.29 is 28.7 Å². The van der Waals surface area contributed by atoms with Crippen LogP contribution in [0.2, 0.25) is 5.02 Å². The highest BCUT2D eigenvalue weighted by Crippen LogP contribution is 2.58. The van der Waals surface area contributed by atoms with E-state index in [4.69, 9.17) is 21.1 Å². The number of imide groups is 1. The Balaban J connectivity index is 1.88. The van der Waals surface area contributed by atoms with Crippen LogP contribution in [-0.4, -0.2) is 36.5 Å². The lowest BCUT2D eigenvalue weighted by atomic mass is 9.57. The van der Waals surface area contributed by atoms with Crippen LogP contribution in [0.5, 0.6) is 0 Å². The number of anilines is 1. The van der Waals surface area contributed by atoms with E-state index in [-0.39, 0.29) is 22.9 Å². The zero-order chi connectivity index (χ0) is 20.4. The third-order valence-corrected chi connectivity index (χ3v) is 6.19. The molecule has 1 aliphatic carbocycles. The number of carbonyl (C=O) groups excluding carboxylic acids is 4. The van der Waals surface area contributed by atoms with Crippen LogP contribution in [0.25, 0.3) is 0 Å². The molecule has 3 aliphatic heterocycles. The van der Waals surface area contributed by atoms with E-state index in [1.54, 1.807) is 38.1 Å². The lowest BCUT2D eigenvalue weighted by molar-refractivity contribution is -0.184. The standard InChI is InChI=1S/C20H18ClNO6/c1-4-27-18(25)13-9(2)15-12-14(20(13,3)19(26)28-15)17(24)22(16(12)23)11-8-6-5-7-10(11)21/h5-8,12,14-15H,4H2,1-3H3/t12-,14-,15-,20-/m1/s1. The van der Waals surface area contributed by atoms with Crippen molar-refractivity contribution in [1.29, 1.82) is 0 Å². The van der Waals surface area contributed by atoms with Crippen LogP contribution in [-0.2, 0) is 28.7 Å². The first kappa shape index (κ1) is 18.7. The van der Waals surface area contributed by atoms with Crippen molar-refractivity contribution in [3.05, 3.63) is 40.4 Å². The van der Waals surface area contributed by atoms with Crippen LogP contribution in [0, 0.1) is 17.3 Å². The maximum atomic E-state index is 13.3. The molecular weight excluding hydrogens is 386 g/mol. The Morgan fingerprint density at radius 3 is 2.57 bits per heavy atom. The number of rotatable bonds is 3. The lowest BCUT2D eigenvalue weighted by Gasteiger charge is -2.48. The smallest absolute Gasteiger partial charge is 0.335 e. The van der Waals surface area contributed by atoms with E-state index in [1.165, 1.54) is 6.92 Å². The van der Waals surface area contributed by atoms with Gasteiger partial charge >= 0.3 is 11.9 Å². The molecule has 28 heavy (non-hydrogen) atoms. The van der Waals surface area contributed by atoms with Gasteiger partial charge in [0, 0.05) is 0 Å². The van der Waals surface area contributed by atoms with E-state index in [9.17, 15) is 19.2 Å². The van der Waals surface area contributed by atoms with Gasteiger partial charge in [0.05, 0.1) is 34.7 Å². The van der Waals surface area contributed by atoms with Gasteiger partial charge in [-0.3, -0.25) is 14.4 Å². The largest absolute Gasteiger partial charge is 0.463 e. The number of amides is 2. The number of benzene rings is 1. The molecule has 4 aliphatic rings. The van der Waals surface area contributed by atoms with E-state index in [0.29, 0.717) is 5.57 Å². The summed E-state index contributed by atoms with van der Waals surface area (Å²) in [6.07, 6.45) is -0.984. The van der Waals surface area contributed by atoms with Crippen molar-refractivity contribution in [3.63, 3.8) is 0 Å². The molecule has 4 atom stereocenters. The molecule has 3 heterocycles. The van der Waals surface area contributed by atoms with Gasteiger partial charge in [0.25, 0.3) is 0 Å². The van der Waals surface area contributed by atoms with E-state index < -0.39 is 47.1 Å². The molecule has 146 valence electrons. The summed E-state index contributed by atoms with van der Waals surface area (Å²) in [5, 5.41) is 0.239. The molecule has 7 nitrogen and oxygen atoms in total. The number of carbonyl (C=O) groups is 4. The van der Waals surface area contributed by atoms with E-state index >= 15 is 0 Å². The Hall–Kier alpha value is -2.67. The van der Waals surface area contributed by atoms with Gasteiger partial charge in [0.2, 0.25) is 11.8 Å². The normalized spacial score (nSPS) is 31.2. The Morgan fingerprint density at radius 2 is 1.93 bits per heavy atom. The van der Waals surface area contributed by atoms with Crippen molar-refractivity contribution in [3.8, 4) is 0 Å². The first-order valence-corrected chi connectivity index (χ1v) is 9.34. The molecule has 0 aromatic heterocycles. The predicted molar refractivity (Wildman–Crippen MR) is 98.2 cm³/mol. The second kappa shape index (κ2) is 6.17. The Morgan fingerprint density at radius 1 is 1.25 bits per heavy atom. The fourth-order valence-corrected chi connectivity index (χ4v) is 4.88. The summed E-state index contributed by atoms with van der Waals surface area (Å²) in [5.74, 6) is -4.38. The summed E-state index contributed by atoms with van der Waals surface area (Å²) in [4.78, 5) is 52.9. The number of nitrogens with zero attached hydrogens (tertiary/aromatic N) is 1. The Labute approximate surface area is 166 Å². The van der Waals surface area contributed by atoms with Crippen molar-refractivity contribution in [2.45, 2.75) is 26.9 Å². The van der Waals surface area contributed by atoms with Gasteiger partial charge in [-0.15, -0.1) is 0 Å². The van der Waals surface area contributed by atoms with Crippen LogP contribution in [0.1, 0.15) is 20.8 Å². The third kappa shape index (κ3) is 2.16. The summed E-state index contributed by atoms with van der Waals surface area (Å²) >= 11 is 6.20. The van der Waals surface area contributed by atoms with Crippen LogP contribution < -0.4 is 4.90 Å². The van der Waals surface area contributed by atoms with E-state index in [1.807, 2.05) is 0 Å². The van der Waals surface area contributed by atoms with Gasteiger partial charge in [-0.2, -0.15) is 0 Å². The molecule has 0 saturated carbocycles. The average Bonchev–Trinajstić information content (AvgIpc) is 2.90. The predicted octanol–water partition coefficient (Wildman–Crippen LogP) is 2.27. The summed E-state index contributed by atoms with van der Waals surface area (Å²) < 4.78 is 10.6. The van der Waals surface area contributed by atoms with Gasteiger partial charge in [-0.25, -0.2) is 9.69 Å². The van der Waals surface area contributed by atoms with E-state index in [0.717, 1.165) is 4.90 Å². The Kier molecular flexibility index (Phi) is 4.12. The summed E-state index contributed by atoms with van der Waals surface area (Å²) in [6.45, 7) is 4.88. The number of esters is 2. The molecule has 2 fully saturated rings. The molecule has 1 aromatic carbocycles. The number of hydrogen-bond acceptors (Lipinski definition) is 6. The molecule has 5 rings (SSSR count). The maximum Gasteiger partial charge on any atom is 0.335 e. The van der Waals surface area contributed by atoms with Gasteiger partial charge in [0.15, 0.2) is 0 Å². The van der Waals surface area contributed by atoms with Crippen molar-refractivity contribution in [2.24, 2.45) is 17.3 Å². The molecule has 1 aromatic rings. The highest BCUT2D eigenvalue weighted by Gasteiger charge is 2.71. The third-order valence-electron chi connectivity index (χ3n) is 5.87. The van der Waals surface area contributed by atoms with Crippen molar-refractivity contribution in [1.82, 2.24) is 0 Å². The molecule has 2 bridgehead atoms. The quantitative estimate of drug-likeness (QED) is 0.568. The summed E-state index contributed by atoms with van der Waals surface area (Å²) in [6, 6.07) is 6.49. The minimum absolute atomic E-state index is 0.110. The van der Waals surface area contributed by atoms with Crippen LogP contribution in [0.4, 0.5) is 5.69 Å². The van der Waals surface area contributed by atoms with Crippen molar-refractivity contribution >= 4 is 41.0 Å². The molecule has 0 unspecified atom stereocenters. The molecule has 8 heteroatoms. The topological polar surface area (TPSA) is 90.0 Å². The highest BCUT2D eigenvalue weighted by molar-refractivity contribution is 6.36. The average molecular weight is 404 g/mol. The van der Waals surface area contributed by atoms with Crippen molar-refractivity contribution in [2.75, 3.05) is 11.5 Å². The molecular formula is C20H18ClNO6. The fraction of sp³-hybridized carbons (Fsp3) is 0.400. The number of hydrogen-bond donors (Lipinski definition) is 0. The van der Waals surface area contributed by atoms with Gasteiger partial charge in [0.1, 0.15) is 11.5 Å².